The van der Waals surface area contributed by atoms with Crippen LogP contribution in [0.4, 0.5) is 0 Å². The Morgan fingerprint density at radius 1 is 1.50 bits per heavy atom. The number of likely N-dealkylation sites (tertiary alicyclic amines) is 1. The van der Waals surface area contributed by atoms with Crippen molar-refractivity contribution >= 4 is 0 Å². The zero-order valence-corrected chi connectivity index (χ0v) is 10.7. The van der Waals surface area contributed by atoms with E-state index in [-0.39, 0.29) is 5.54 Å². The van der Waals surface area contributed by atoms with Crippen molar-refractivity contribution in [2.75, 3.05) is 27.2 Å². The van der Waals surface area contributed by atoms with Gasteiger partial charge in [0.15, 0.2) is 0 Å². The molecule has 0 aromatic carbocycles. The maximum absolute atomic E-state index is 4.31. The van der Waals surface area contributed by atoms with Crippen molar-refractivity contribution in [2.45, 2.75) is 31.8 Å². The van der Waals surface area contributed by atoms with E-state index < -0.39 is 0 Å². The summed E-state index contributed by atoms with van der Waals surface area (Å²) in [6.45, 7) is 6.70. The maximum atomic E-state index is 4.31. The van der Waals surface area contributed by atoms with E-state index in [4.69, 9.17) is 0 Å². The van der Waals surface area contributed by atoms with Crippen molar-refractivity contribution in [3.63, 3.8) is 0 Å². The van der Waals surface area contributed by atoms with E-state index in [0.29, 0.717) is 6.04 Å². The summed E-state index contributed by atoms with van der Waals surface area (Å²) in [4.78, 5) is 6.69. The Bertz CT molecular complexity index is 356. The van der Waals surface area contributed by atoms with Gasteiger partial charge in [-0.05, 0) is 40.9 Å². The van der Waals surface area contributed by atoms with Crippen LogP contribution in [0.5, 0.6) is 0 Å². The van der Waals surface area contributed by atoms with Crippen LogP contribution in [-0.2, 0) is 5.54 Å². The number of nitrogens with one attached hydrogen (secondary N) is 1. The molecule has 1 saturated heterocycles. The lowest BCUT2D eigenvalue weighted by Crippen LogP contribution is -2.36. The van der Waals surface area contributed by atoms with Crippen molar-refractivity contribution < 1.29 is 0 Å². The number of hydrogen-bond donors (Lipinski definition) is 1. The summed E-state index contributed by atoms with van der Waals surface area (Å²) in [7, 11) is 4.18. The minimum atomic E-state index is -0.0162. The van der Waals surface area contributed by atoms with Crippen LogP contribution in [0.3, 0.4) is 0 Å². The molecule has 1 unspecified atom stereocenters. The number of imidazole rings is 1. The fourth-order valence-electron chi connectivity index (χ4n) is 2.35. The molecule has 0 saturated carbocycles. The lowest BCUT2D eigenvalue weighted by atomic mass is 10.0. The molecule has 2 heterocycles. The van der Waals surface area contributed by atoms with Gasteiger partial charge in [-0.1, -0.05) is 0 Å². The van der Waals surface area contributed by atoms with Crippen LogP contribution in [0.25, 0.3) is 0 Å². The van der Waals surface area contributed by atoms with Gasteiger partial charge >= 0.3 is 0 Å². The Kier molecular flexibility index (Phi) is 3.04. The first-order chi connectivity index (χ1) is 7.54. The topological polar surface area (TPSA) is 33.1 Å². The molecule has 1 atom stereocenters. The predicted octanol–water partition coefficient (Wildman–Crippen LogP) is 1.21. The average molecular weight is 222 g/mol. The standard InChI is InChI=1S/C12H22N4/c1-12(2,13-3)11-7-14-9-16(11)10-5-6-15(4)8-10/h7,9-10,13H,5-6,8H2,1-4H3. The molecule has 0 bridgehead atoms. The lowest BCUT2D eigenvalue weighted by molar-refractivity contribution is 0.363. The zero-order chi connectivity index (χ0) is 11.8. The van der Waals surface area contributed by atoms with E-state index in [0.717, 1.165) is 6.54 Å². The maximum Gasteiger partial charge on any atom is 0.0951 e. The predicted molar refractivity (Wildman–Crippen MR) is 65.5 cm³/mol. The molecule has 4 heteroatoms. The van der Waals surface area contributed by atoms with Gasteiger partial charge in [-0.2, -0.15) is 0 Å². The largest absolute Gasteiger partial charge is 0.328 e. The second kappa shape index (κ2) is 4.18. The molecule has 0 spiro atoms. The van der Waals surface area contributed by atoms with E-state index in [1.54, 1.807) is 0 Å². The summed E-state index contributed by atoms with van der Waals surface area (Å²) in [5, 5.41) is 3.34. The Labute approximate surface area is 97.7 Å². The minimum absolute atomic E-state index is 0.0162. The normalized spacial score (nSPS) is 22.9. The molecule has 1 aromatic heterocycles. The van der Waals surface area contributed by atoms with Gasteiger partial charge in [0.2, 0.25) is 0 Å². The van der Waals surface area contributed by atoms with Gasteiger partial charge in [0, 0.05) is 12.6 Å². The molecule has 0 radical (unpaired) electrons. The monoisotopic (exact) mass is 222 g/mol. The van der Waals surface area contributed by atoms with Gasteiger partial charge < -0.3 is 14.8 Å². The van der Waals surface area contributed by atoms with Crippen LogP contribution in [0.2, 0.25) is 0 Å². The average Bonchev–Trinajstić information content (AvgIpc) is 2.85. The Morgan fingerprint density at radius 3 is 2.81 bits per heavy atom. The second-order valence-corrected chi connectivity index (χ2v) is 5.27. The van der Waals surface area contributed by atoms with E-state index in [1.807, 2.05) is 19.6 Å². The first-order valence-electron chi connectivity index (χ1n) is 5.94. The molecule has 1 aliphatic rings. The van der Waals surface area contributed by atoms with Gasteiger partial charge in [0.1, 0.15) is 0 Å². The highest BCUT2D eigenvalue weighted by atomic mass is 15.2. The van der Waals surface area contributed by atoms with Gasteiger partial charge in [-0.25, -0.2) is 4.98 Å². The first kappa shape index (κ1) is 11.6. The smallest absolute Gasteiger partial charge is 0.0951 e. The third-order valence-corrected chi connectivity index (χ3v) is 3.69. The fourth-order valence-corrected chi connectivity index (χ4v) is 2.35. The highest BCUT2D eigenvalue weighted by Crippen LogP contribution is 2.27. The number of likely N-dealkylation sites (N-methyl/N-ethyl adjacent to an activating group) is 1. The van der Waals surface area contributed by atoms with E-state index in [2.05, 4.69) is 40.7 Å². The van der Waals surface area contributed by atoms with Gasteiger partial charge in [0.25, 0.3) is 0 Å². The molecule has 0 aliphatic carbocycles. The van der Waals surface area contributed by atoms with Crippen LogP contribution in [0, 0.1) is 0 Å². The summed E-state index contributed by atoms with van der Waals surface area (Å²) < 4.78 is 2.33. The molecular weight excluding hydrogens is 200 g/mol. The summed E-state index contributed by atoms with van der Waals surface area (Å²) in [5.74, 6) is 0. The highest BCUT2D eigenvalue weighted by molar-refractivity contribution is 5.12. The highest BCUT2D eigenvalue weighted by Gasteiger charge is 2.28. The van der Waals surface area contributed by atoms with Crippen molar-refractivity contribution in [3.05, 3.63) is 18.2 Å². The molecule has 90 valence electrons. The van der Waals surface area contributed by atoms with Crippen molar-refractivity contribution in [2.24, 2.45) is 0 Å². The van der Waals surface area contributed by atoms with Crippen LogP contribution < -0.4 is 5.32 Å². The van der Waals surface area contributed by atoms with E-state index in [9.17, 15) is 0 Å². The fraction of sp³-hybridized carbons (Fsp3) is 0.750. The van der Waals surface area contributed by atoms with Crippen LogP contribution >= 0.6 is 0 Å². The number of hydrogen-bond acceptors (Lipinski definition) is 3. The third kappa shape index (κ3) is 1.99. The van der Waals surface area contributed by atoms with Gasteiger partial charge in [-0.15, -0.1) is 0 Å². The number of aromatic nitrogens is 2. The summed E-state index contributed by atoms with van der Waals surface area (Å²) in [5.41, 5.74) is 1.26. The van der Waals surface area contributed by atoms with E-state index >= 15 is 0 Å². The molecule has 16 heavy (non-hydrogen) atoms. The molecule has 0 amide bonds. The van der Waals surface area contributed by atoms with Crippen molar-refractivity contribution in [1.29, 1.82) is 0 Å². The zero-order valence-electron chi connectivity index (χ0n) is 10.7. The molecule has 1 aliphatic heterocycles. The molecule has 1 aromatic rings. The van der Waals surface area contributed by atoms with Crippen molar-refractivity contribution in [3.8, 4) is 0 Å². The summed E-state index contributed by atoms with van der Waals surface area (Å²) in [6, 6.07) is 0.579. The quantitative estimate of drug-likeness (QED) is 0.834. The lowest BCUT2D eigenvalue weighted by Gasteiger charge is -2.27. The number of nitrogens with zero attached hydrogens (tertiary/aromatic N) is 3. The summed E-state index contributed by atoms with van der Waals surface area (Å²) in [6.07, 6.45) is 5.17. The summed E-state index contributed by atoms with van der Waals surface area (Å²) >= 11 is 0. The van der Waals surface area contributed by atoms with Crippen LogP contribution in [0.15, 0.2) is 12.5 Å². The van der Waals surface area contributed by atoms with Crippen LogP contribution in [0.1, 0.15) is 32.0 Å². The van der Waals surface area contributed by atoms with Gasteiger partial charge in [-0.3, -0.25) is 0 Å². The molecule has 2 rings (SSSR count). The first-order valence-corrected chi connectivity index (χ1v) is 5.94. The Hall–Kier alpha value is -0.870. The van der Waals surface area contributed by atoms with Gasteiger partial charge in [0.05, 0.1) is 23.8 Å². The number of rotatable bonds is 3. The third-order valence-electron chi connectivity index (χ3n) is 3.69. The SMILES string of the molecule is CNC(C)(C)c1cncn1C1CCN(C)C1. The molecule has 1 fully saturated rings. The molecule has 4 nitrogen and oxygen atoms in total. The molecule has 1 N–H and O–H groups in total. The van der Waals surface area contributed by atoms with Crippen molar-refractivity contribution in [1.82, 2.24) is 19.8 Å². The Morgan fingerprint density at radius 2 is 2.25 bits per heavy atom. The molecular formula is C12H22N4. The van der Waals surface area contributed by atoms with E-state index in [1.165, 1.54) is 18.7 Å². The Balaban J connectivity index is 2.26. The minimum Gasteiger partial charge on any atom is -0.328 e. The van der Waals surface area contributed by atoms with Crippen LogP contribution in [-0.4, -0.2) is 41.6 Å². The second-order valence-electron chi connectivity index (χ2n) is 5.27.